The Bertz CT molecular complexity index is 455. The van der Waals surface area contributed by atoms with Crippen molar-refractivity contribution in [1.82, 2.24) is 0 Å². The quantitative estimate of drug-likeness (QED) is 0.217. The fourth-order valence-corrected chi connectivity index (χ4v) is 3.10. The van der Waals surface area contributed by atoms with Gasteiger partial charge in [-0.2, -0.15) is 0 Å². The summed E-state index contributed by atoms with van der Waals surface area (Å²) in [5.74, 6) is -0.485. The molecule has 0 aliphatic rings. The van der Waals surface area contributed by atoms with Crippen LogP contribution in [0.3, 0.4) is 0 Å². The van der Waals surface area contributed by atoms with E-state index in [0.29, 0.717) is 24.2 Å². The molecule has 0 aromatic heterocycles. The van der Waals surface area contributed by atoms with E-state index >= 15 is 0 Å². The summed E-state index contributed by atoms with van der Waals surface area (Å²) in [6, 6.07) is 3.00. The fraction of sp³-hybridized carbons (Fsp3) is 0.222. The molecule has 0 bridgehead atoms. The van der Waals surface area contributed by atoms with Crippen molar-refractivity contribution >= 4 is 65.0 Å². The summed E-state index contributed by atoms with van der Waals surface area (Å²) in [5.41, 5.74) is 1.21. The maximum absolute atomic E-state index is 11.5. The molecule has 0 N–H and O–H groups in total. The van der Waals surface area contributed by atoms with E-state index in [9.17, 15) is 13.1 Å². The molecular formula is C9H7Br2INO4-. The average Bonchev–Trinajstić information content (AvgIpc) is 2.36. The monoisotopic (exact) mass is 478 g/mol. The van der Waals surface area contributed by atoms with Crippen LogP contribution in [0.2, 0.25) is 0 Å². The van der Waals surface area contributed by atoms with E-state index in [-0.39, 0.29) is 5.69 Å². The van der Waals surface area contributed by atoms with E-state index in [1.54, 1.807) is 0 Å². The minimum absolute atomic E-state index is 0.245. The van der Waals surface area contributed by atoms with Gasteiger partial charge in [-0.05, 0) is 33.6 Å². The van der Waals surface area contributed by atoms with Crippen molar-refractivity contribution in [2.75, 3.05) is 10.4 Å². The Morgan fingerprint density at radius 1 is 1.59 bits per heavy atom. The molecule has 0 amide bonds. The number of carbonyl (C=O) groups excluding carboxylic acids is 1. The maximum Gasteiger partial charge on any atom is 0.338 e. The van der Waals surface area contributed by atoms with E-state index in [2.05, 4.69) is 36.6 Å². The number of hydrogen-bond donors (Lipinski definition) is 0. The number of ether oxygens (including phenoxy) is 1. The van der Waals surface area contributed by atoms with Gasteiger partial charge in [-0.3, -0.25) is 0 Å². The Labute approximate surface area is 125 Å². The minimum atomic E-state index is -1.83. The Kier molecular flexibility index (Phi) is 5.97. The molecule has 0 heterocycles. The lowest BCUT2D eigenvalue weighted by molar-refractivity contribution is 0.0600. The zero-order valence-corrected chi connectivity index (χ0v) is 13.9. The summed E-state index contributed by atoms with van der Waals surface area (Å²) in [4.78, 5) is 11.5. The SMILES string of the molecule is COC(=O)c1cc(Br)c(N([O-])I=O)cc1CBr. The fourth-order valence-electron chi connectivity index (χ4n) is 1.19. The number of hydrogen-bond acceptors (Lipinski definition) is 4. The Hall–Kier alpha value is -0.0600. The highest BCUT2D eigenvalue weighted by Gasteiger charge is 2.15. The molecule has 8 heteroatoms. The van der Waals surface area contributed by atoms with Gasteiger partial charge in [-0.1, -0.05) is 15.9 Å². The summed E-state index contributed by atoms with van der Waals surface area (Å²) in [7, 11) is 1.28. The molecular weight excluding hydrogens is 473 g/mol. The largest absolute Gasteiger partial charge is 0.748 e. The van der Waals surface area contributed by atoms with Crippen LogP contribution < -0.4 is 3.28 Å². The van der Waals surface area contributed by atoms with E-state index < -0.39 is 27.4 Å². The molecule has 0 saturated carbocycles. The van der Waals surface area contributed by atoms with E-state index in [1.807, 2.05) is 0 Å². The third-order valence-electron chi connectivity index (χ3n) is 1.97. The number of rotatable bonds is 4. The van der Waals surface area contributed by atoms with Crippen molar-refractivity contribution in [3.63, 3.8) is 0 Å². The van der Waals surface area contributed by atoms with Crippen LogP contribution in [-0.2, 0) is 13.1 Å². The summed E-state index contributed by atoms with van der Waals surface area (Å²) < 4.78 is 16.1. The van der Waals surface area contributed by atoms with E-state index in [0.717, 1.165) is 0 Å². The van der Waals surface area contributed by atoms with Crippen LogP contribution in [0.4, 0.5) is 5.69 Å². The van der Waals surface area contributed by atoms with Crippen LogP contribution >= 0.6 is 53.3 Å². The van der Waals surface area contributed by atoms with Gasteiger partial charge in [0.05, 0.1) is 18.4 Å². The third kappa shape index (κ3) is 3.46. The summed E-state index contributed by atoms with van der Waals surface area (Å²) >= 11 is 4.55. The smallest absolute Gasteiger partial charge is 0.338 e. The first-order valence-corrected chi connectivity index (χ1v) is 8.02. The van der Waals surface area contributed by atoms with Crippen molar-refractivity contribution in [2.45, 2.75) is 5.33 Å². The lowest BCUT2D eigenvalue weighted by Gasteiger charge is -2.23. The summed E-state index contributed by atoms with van der Waals surface area (Å²) in [6.07, 6.45) is 0. The van der Waals surface area contributed by atoms with Gasteiger partial charge in [0, 0.05) is 9.80 Å². The molecule has 0 saturated heterocycles. The summed E-state index contributed by atoms with van der Waals surface area (Å²) in [5, 5.41) is 11.7. The van der Waals surface area contributed by atoms with Crippen molar-refractivity contribution in [3.05, 3.63) is 32.9 Å². The van der Waals surface area contributed by atoms with Crippen LogP contribution in [0.1, 0.15) is 15.9 Å². The molecule has 0 radical (unpaired) electrons. The predicted molar refractivity (Wildman–Crippen MR) is 78.7 cm³/mol. The number of carbonyl (C=O) groups is 1. The van der Waals surface area contributed by atoms with Crippen LogP contribution in [-0.4, -0.2) is 13.1 Å². The second-order valence-electron chi connectivity index (χ2n) is 2.90. The van der Waals surface area contributed by atoms with Gasteiger partial charge in [-0.25, -0.2) is 7.86 Å². The molecule has 1 aromatic rings. The Morgan fingerprint density at radius 3 is 2.71 bits per heavy atom. The first-order valence-electron chi connectivity index (χ1n) is 4.26. The number of halogens is 3. The van der Waals surface area contributed by atoms with E-state index in [1.165, 1.54) is 19.2 Å². The lowest BCUT2D eigenvalue weighted by Crippen LogP contribution is -2.07. The van der Waals surface area contributed by atoms with Crippen LogP contribution in [0.25, 0.3) is 0 Å². The number of methoxy groups -OCH3 is 1. The molecule has 1 rings (SSSR count). The van der Waals surface area contributed by atoms with Gasteiger partial charge < -0.3 is 13.2 Å². The standard InChI is InChI=1S/C9H7Br2INO4/c1-17-9(14)6-3-7(11)8(13(16)12-15)2-5(6)4-10/h2-3H,4H2,1H3/q-1. The second-order valence-corrected chi connectivity index (χ2v) is 5.59. The molecule has 0 aliphatic heterocycles. The second kappa shape index (κ2) is 6.76. The topological polar surface area (TPSA) is 69.7 Å². The van der Waals surface area contributed by atoms with Crippen LogP contribution in [0, 0.1) is 5.21 Å². The highest BCUT2D eigenvalue weighted by Crippen LogP contribution is 2.33. The average molecular weight is 480 g/mol. The van der Waals surface area contributed by atoms with Crippen LogP contribution in [0.5, 0.6) is 0 Å². The number of esters is 1. The Morgan fingerprint density at radius 2 is 2.24 bits per heavy atom. The number of nitrogens with zero attached hydrogens (tertiary/aromatic N) is 1. The molecule has 0 unspecified atom stereocenters. The molecule has 94 valence electrons. The molecule has 0 spiro atoms. The Balaban J connectivity index is 3.34. The number of anilines is 1. The van der Waals surface area contributed by atoms with Gasteiger partial charge in [-0.15, -0.1) is 0 Å². The number of benzene rings is 1. The molecule has 5 nitrogen and oxygen atoms in total. The molecule has 1 aromatic carbocycles. The first-order chi connectivity index (χ1) is 8.04. The van der Waals surface area contributed by atoms with Gasteiger partial charge in [0.2, 0.25) is 0 Å². The molecule has 0 aliphatic carbocycles. The highest BCUT2D eigenvalue weighted by atomic mass is 127. The van der Waals surface area contributed by atoms with Crippen molar-refractivity contribution in [2.24, 2.45) is 0 Å². The third-order valence-corrected chi connectivity index (χ3v) is 4.09. The van der Waals surface area contributed by atoms with Crippen molar-refractivity contribution in [1.29, 1.82) is 0 Å². The van der Waals surface area contributed by atoms with Gasteiger partial charge in [0.25, 0.3) is 21.5 Å². The summed E-state index contributed by atoms with van der Waals surface area (Å²) in [6.45, 7) is 0. The lowest BCUT2D eigenvalue weighted by atomic mass is 10.1. The molecule has 0 atom stereocenters. The van der Waals surface area contributed by atoms with Gasteiger partial charge in [0.15, 0.2) is 0 Å². The molecule has 17 heavy (non-hydrogen) atoms. The number of alkyl halides is 1. The zero-order chi connectivity index (χ0) is 13.0. The highest BCUT2D eigenvalue weighted by molar-refractivity contribution is 14.1. The van der Waals surface area contributed by atoms with Crippen molar-refractivity contribution < 1.29 is 12.6 Å². The first kappa shape index (κ1) is 15.0. The van der Waals surface area contributed by atoms with Gasteiger partial charge >= 0.3 is 5.97 Å². The molecule has 0 fully saturated rings. The van der Waals surface area contributed by atoms with E-state index in [4.69, 9.17) is 0 Å². The zero-order valence-electron chi connectivity index (χ0n) is 8.58. The van der Waals surface area contributed by atoms with Gasteiger partial charge in [0.1, 0.15) is 0 Å². The maximum atomic E-state index is 11.5. The minimum Gasteiger partial charge on any atom is -0.748 e. The van der Waals surface area contributed by atoms with Crippen LogP contribution in [0.15, 0.2) is 16.6 Å². The van der Waals surface area contributed by atoms with Crippen molar-refractivity contribution in [3.8, 4) is 0 Å². The predicted octanol–water partition coefficient (Wildman–Crippen LogP) is 3.67. The normalized spacial score (nSPS) is 10.1.